The van der Waals surface area contributed by atoms with Crippen LogP contribution >= 0.6 is 24.0 Å². The lowest BCUT2D eigenvalue weighted by atomic mass is 10.3. The summed E-state index contributed by atoms with van der Waals surface area (Å²) in [6.07, 6.45) is 2.89. The minimum atomic E-state index is 0. The standard InChI is InChI=1S/C16H32N4O2.HI/c1-4-17-16(18-11-15-12-19(2)7-10-22-15)20(3)8-9-21-13-14-5-6-14;/h14-15H,4-13H2,1-3H3,(H,17,18);1H. The van der Waals surface area contributed by atoms with Crippen molar-refractivity contribution in [1.82, 2.24) is 15.1 Å². The first-order valence-corrected chi connectivity index (χ1v) is 8.56. The maximum absolute atomic E-state index is 5.77. The van der Waals surface area contributed by atoms with E-state index in [1.54, 1.807) is 0 Å². The second kappa shape index (κ2) is 11.4. The van der Waals surface area contributed by atoms with E-state index in [1.165, 1.54) is 12.8 Å². The minimum Gasteiger partial charge on any atom is -0.379 e. The van der Waals surface area contributed by atoms with Gasteiger partial charge in [-0.2, -0.15) is 0 Å². The summed E-state index contributed by atoms with van der Waals surface area (Å²) in [4.78, 5) is 9.16. The van der Waals surface area contributed by atoms with Crippen LogP contribution < -0.4 is 5.32 Å². The van der Waals surface area contributed by atoms with Gasteiger partial charge in [-0.05, 0) is 32.7 Å². The Balaban J connectivity index is 0.00000264. The fraction of sp³-hybridized carbons (Fsp3) is 0.938. The quantitative estimate of drug-likeness (QED) is 0.267. The number of nitrogens with zero attached hydrogens (tertiary/aromatic N) is 3. The van der Waals surface area contributed by atoms with E-state index in [0.717, 1.165) is 57.9 Å². The molecule has 1 saturated heterocycles. The highest BCUT2D eigenvalue weighted by Gasteiger charge is 2.21. The zero-order valence-corrected chi connectivity index (χ0v) is 17.1. The highest BCUT2D eigenvalue weighted by atomic mass is 127. The van der Waals surface area contributed by atoms with Gasteiger partial charge in [-0.25, -0.2) is 0 Å². The predicted octanol–water partition coefficient (Wildman–Crippen LogP) is 1.26. The highest BCUT2D eigenvalue weighted by molar-refractivity contribution is 14.0. The first kappa shape index (κ1) is 20.9. The second-order valence-corrected chi connectivity index (χ2v) is 6.39. The van der Waals surface area contributed by atoms with Crippen molar-refractivity contribution in [3.63, 3.8) is 0 Å². The van der Waals surface area contributed by atoms with Crippen molar-refractivity contribution in [3.8, 4) is 0 Å². The SMILES string of the molecule is CCNC(=NCC1CN(C)CCO1)N(C)CCOCC1CC1.I. The Morgan fingerprint density at radius 2 is 2.22 bits per heavy atom. The third-order valence-electron chi connectivity index (χ3n) is 4.10. The Kier molecular flexibility index (Phi) is 10.4. The van der Waals surface area contributed by atoms with E-state index >= 15 is 0 Å². The van der Waals surface area contributed by atoms with E-state index in [0.29, 0.717) is 6.54 Å². The fourth-order valence-electron chi connectivity index (χ4n) is 2.48. The van der Waals surface area contributed by atoms with E-state index in [1.807, 2.05) is 0 Å². The van der Waals surface area contributed by atoms with Crippen LogP contribution in [-0.2, 0) is 9.47 Å². The van der Waals surface area contributed by atoms with E-state index in [2.05, 4.69) is 36.1 Å². The Morgan fingerprint density at radius 1 is 1.43 bits per heavy atom. The maximum Gasteiger partial charge on any atom is 0.193 e. The third-order valence-corrected chi connectivity index (χ3v) is 4.10. The summed E-state index contributed by atoms with van der Waals surface area (Å²) in [5, 5.41) is 3.35. The molecular formula is C16H33IN4O2. The van der Waals surface area contributed by atoms with E-state index < -0.39 is 0 Å². The molecule has 2 fully saturated rings. The average Bonchev–Trinajstić information content (AvgIpc) is 3.32. The van der Waals surface area contributed by atoms with Crippen molar-refractivity contribution in [2.75, 3.05) is 66.6 Å². The Hall–Kier alpha value is -0.120. The monoisotopic (exact) mass is 440 g/mol. The molecule has 1 unspecified atom stereocenters. The molecule has 7 heteroatoms. The second-order valence-electron chi connectivity index (χ2n) is 6.39. The number of ether oxygens (including phenoxy) is 2. The number of nitrogens with one attached hydrogen (secondary N) is 1. The molecule has 1 aliphatic carbocycles. The molecule has 1 atom stereocenters. The number of hydrogen-bond acceptors (Lipinski definition) is 4. The Bertz CT molecular complexity index is 353. The van der Waals surface area contributed by atoms with Gasteiger partial charge >= 0.3 is 0 Å². The van der Waals surface area contributed by atoms with Crippen molar-refractivity contribution in [1.29, 1.82) is 0 Å². The summed E-state index contributed by atoms with van der Waals surface area (Å²) in [5.41, 5.74) is 0. The molecule has 0 aromatic heterocycles. The number of likely N-dealkylation sites (N-methyl/N-ethyl adjacent to an activating group) is 2. The van der Waals surface area contributed by atoms with Crippen LogP contribution in [0.1, 0.15) is 19.8 Å². The molecule has 2 aliphatic rings. The van der Waals surface area contributed by atoms with Gasteiger partial charge in [0.2, 0.25) is 0 Å². The molecule has 1 saturated carbocycles. The van der Waals surface area contributed by atoms with E-state index in [4.69, 9.17) is 14.5 Å². The Morgan fingerprint density at radius 3 is 2.87 bits per heavy atom. The van der Waals surface area contributed by atoms with E-state index in [-0.39, 0.29) is 30.1 Å². The number of halogens is 1. The fourth-order valence-corrected chi connectivity index (χ4v) is 2.48. The van der Waals surface area contributed by atoms with Crippen LogP contribution in [0.5, 0.6) is 0 Å². The van der Waals surface area contributed by atoms with Crippen LogP contribution in [-0.4, -0.2) is 88.5 Å². The molecule has 2 rings (SSSR count). The molecule has 0 aromatic rings. The molecule has 0 spiro atoms. The number of morpholine rings is 1. The summed E-state index contributed by atoms with van der Waals surface area (Å²) in [6.45, 7) is 9.00. The molecule has 1 aliphatic heterocycles. The molecule has 6 nitrogen and oxygen atoms in total. The zero-order valence-electron chi connectivity index (χ0n) is 14.8. The van der Waals surface area contributed by atoms with Crippen LogP contribution in [0.15, 0.2) is 4.99 Å². The summed E-state index contributed by atoms with van der Waals surface area (Å²) >= 11 is 0. The van der Waals surface area contributed by atoms with Crippen molar-refractivity contribution >= 4 is 29.9 Å². The topological polar surface area (TPSA) is 49.3 Å². The number of hydrogen-bond donors (Lipinski definition) is 1. The van der Waals surface area contributed by atoms with Crippen molar-refractivity contribution in [2.24, 2.45) is 10.9 Å². The molecule has 1 N–H and O–H groups in total. The van der Waals surface area contributed by atoms with Gasteiger partial charge in [0.1, 0.15) is 0 Å². The molecule has 0 amide bonds. The van der Waals surface area contributed by atoms with Crippen molar-refractivity contribution in [2.45, 2.75) is 25.9 Å². The van der Waals surface area contributed by atoms with Gasteiger partial charge in [-0.1, -0.05) is 0 Å². The molecule has 0 radical (unpaired) electrons. The maximum atomic E-state index is 5.77. The summed E-state index contributed by atoms with van der Waals surface area (Å²) in [6, 6.07) is 0. The van der Waals surface area contributed by atoms with Gasteiger partial charge in [0, 0.05) is 39.8 Å². The van der Waals surface area contributed by atoms with Gasteiger partial charge in [-0.3, -0.25) is 4.99 Å². The van der Waals surface area contributed by atoms with Gasteiger partial charge in [0.25, 0.3) is 0 Å². The third kappa shape index (κ3) is 8.51. The van der Waals surface area contributed by atoms with Gasteiger partial charge < -0.3 is 24.6 Å². The normalized spacial score (nSPS) is 22.6. The number of aliphatic imine (C=N–C) groups is 1. The summed E-state index contributed by atoms with van der Waals surface area (Å²) in [5.74, 6) is 1.77. The smallest absolute Gasteiger partial charge is 0.193 e. The van der Waals surface area contributed by atoms with Gasteiger partial charge in [0.15, 0.2) is 5.96 Å². The minimum absolute atomic E-state index is 0. The van der Waals surface area contributed by atoms with Crippen LogP contribution in [0.3, 0.4) is 0 Å². The first-order valence-electron chi connectivity index (χ1n) is 8.56. The lowest BCUT2D eigenvalue weighted by Gasteiger charge is -2.29. The molecule has 23 heavy (non-hydrogen) atoms. The summed E-state index contributed by atoms with van der Waals surface area (Å²) in [7, 11) is 4.20. The van der Waals surface area contributed by atoms with Crippen molar-refractivity contribution < 1.29 is 9.47 Å². The van der Waals surface area contributed by atoms with Crippen LogP contribution in [0.25, 0.3) is 0 Å². The van der Waals surface area contributed by atoms with Gasteiger partial charge in [-0.15, -0.1) is 24.0 Å². The van der Waals surface area contributed by atoms with Crippen LogP contribution in [0, 0.1) is 5.92 Å². The van der Waals surface area contributed by atoms with E-state index in [9.17, 15) is 0 Å². The average molecular weight is 440 g/mol. The zero-order chi connectivity index (χ0) is 15.8. The van der Waals surface area contributed by atoms with Crippen LogP contribution in [0.2, 0.25) is 0 Å². The van der Waals surface area contributed by atoms with Gasteiger partial charge in [0.05, 0.1) is 25.9 Å². The number of rotatable bonds is 8. The Labute approximate surface area is 158 Å². The molecular weight excluding hydrogens is 407 g/mol. The van der Waals surface area contributed by atoms with Crippen LogP contribution in [0.4, 0.5) is 0 Å². The van der Waals surface area contributed by atoms with Crippen molar-refractivity contribution in [3.05, 3.63) is 0 Å². The first-order chi connectivity index (χ1) is 10.7. The predicted molar refractivity (Wildman–Crippen MR) is 105 cm³/mol. The largest absolute Gasteiger partial charge is 0.379 e. The molecule has 0 aromatic carbocycles. The number of guanidine groups is 1. The highest BCUT2D eigenvalue weighted by Crippen LogP contribution is 2.28. The lowest BCUT2D eigenvalue weighted by Crippen LogP contribution is -2.44. The summed E-state index contributed by atoms with van der Waals surface area (Å²) < 4.78 is 11.5. The lowest BCUT2D eigenvalue weighted by molar-refractivity contribution is -0.0137. The molecule has 136 valence electrons. The molecule has 0 bridgehead atoms. The molecule has 1 heterocycles.